The van der Waals surface area contributed by atoms with Crippen LogP contribution in [0.1, 0.15) is 52.2 Å². The normalized spacial score (nSPS) is 16.7. The second-order valence-corrected chi connectivity index (χ2v) is 8.53. The minimum atomic E-state index is -0.199. The molecule has 0 fully saturated rings. The third-order valence-electron chi connectivity index (χ3n) is 6.38. The maximum absolute atomic E-state index is 12.9. The molecule has 6 nitrogen and oxygen atoms in total. The quantitative estimate of drug-likeness (QED) is 0.530. The van der Waals surface area contributed by atoms with Gasteiger partial charge in [0.2, 0.25) is 0 Å². The molecule has 33 heavy (non-hydrogen) atoms. The largest absolute Gasteiger partial charge is 0.493 e. The molecular formula is C27H32N2O4. The summed E-state index contributed by atoms with van der Waals surface area (Å²) in [6.07, 6.45) is 3.20. The van der Waals surface area contributed by atoms with Gasteiger partial charge in [-0.05, 0) is 60.7 Å². The number of fused-ring (bicyclic) bond motifs is 1. The van der Waals surface area contributed by atoms with Gasteiger partial charge in [0.25, 0.3) is 5.91 Å². The summed E-state index contributed by atoms with van der Waals surface area (Å²) < 4.78 is 16.5. The van der Waals surface area contributed by atoms with Gasteiger partial charge in [-0.25, -0.2) is 0 Å². The van der Waals surface area contributed by atoms with Crippen LogP contribution in [0.4, 0.5) is 0 Å². The van der Waals surface area contributed by atoms with E-state index in [4.69, 9.17) is 13.9 Å². The molecule has 2 heterocycles. The molecule has 0 aliphatic carbocycles. The number of nitrogens with zero attached hydrogens (tertiary/aromatic N) is 1. The standard InChI is InChI=1S/C27H32N2O4/c1-5-22(28-27(30)23-10-7-13-33-23)26-21-16-25(32-4)24(31-3)15-20(21)11-12-29(26)17-19-9-6-8-18(2)14-19/h6-10,13-16,22,26H,5,11-12,17H2,1-4H3,(H,28,30). The van der Waals surface area contributed by atoms with E-state index in [1.807, 2.05) is 0 Å². The molecule has 1 aromatic heterocycles. The van der Waals surface area contributed by atoms with Crippen LogP contribution in [0.5, 0.6) is 11.5 Å². The Hall–Kier alpha value is -3.25. The Morgan fingerprint density at radius 2 is 1.94 bits per heavy atom. The molecule has 2 atom stereocenters. The van der Waals surface area contributed by atoms with Crippen LogP contribution in [0.15, 0.2) is 59.2 Å². The summed E-state index contributed by atoms with van der Waals surface area (Å²) in [5.74, 6) is 1.55. The predicted molar refractivity (Wildman–Crippen MR) is 128 cm³/mol. The number of methoxy groups -OCH3 is 2. The first kappa shape index (κ1) is 22.9. The summed E-state index contributed by atoms with van der Waals surface area (Å²) in [6, 6.07) is 16.0. The van der Waals surface area contributed by atoms with Crippen LogP contribution in [0.2, 0.25) is 0 Å². The predicted octanol–water partition coefficient (Wildman–Crippen LogP) is 4.91. The average Bonchev–Trinajstić information content (AvgIpc) is 3.37. The minimum Gasteiger partial charge on any atom is -0.493 e. The van der Waals surface area contributed by atoms with Gasteiger partial charge in [0.15, 0.2) is 17.3 Å². The number of nitrogens with one attached hydrogen (secondary N) is 1. The zero-order chi connectivity index (χ0) is 23.4. The fourth-order valence-corrected chi connectivity index (χ4v) is 4.77. The van der Waals surface area contributed by atoms with E-state index in [-0.39, 0.29) is 18.0 Å². The molecule has 3 aromatic rings. The zero-order valence-electron chi connectivity index (χ0n) is 19.8. The second kappa shape index (κ2) is 10.1. The Kier molecular flexibility index (Phi) is 7.04. The molecular weight excluding hydrogens is 416 g/mol. The van der Waals surface area contributed by atoms with Gasteiger partial charge in [-0.15, -0.1) is 0 Å². The van der Waals surface area contributed by atoms with Gasteiger partial charge in [0.05, 0.1) is 26.5 Å². The summed E-state index contributed by atoms with van der Waals surface area (Å²) in [6.45, 7) is 5.90. The Balaban J connectivity index is 1.73. The Bertz CT molecular complexity index is 1090. The van der Waals surface area contributed by atoms with Crippen LogP contribution in [0.25, 0.3) is 0 Å². The van der Waals surface area contributed by atoms with E-state index in [9.17, 15) is 4.79 Å². The number of benzene rings is 2. The highest BCUT2D eigenvalue weighted by atomic mass is 16.5. The molecule has 4 rings (SSSR count). The molecule has 0 saturated carbocycles. The number of amides is 1. The van der Waals surface area contributed by atoms with E-state index in [0.717, 1.165) is 37.2 Å². The lowest BCUT2D eigenvalue weighted by Gasteiger charge is -2.42. The highest BCUT2D eigenvalue weighted by molar-refractivity contribution is 5.91. The summed E-state index contributed by atoms with van der Waals surface area (Å²) in [7, 11) is 3.32. The van der Waals surface area contributed by atoms with Crippen LogP contribution >= 0.6 is 0 Å². The summed E-state index contributed by atoms with van der Waals surface area (Å²) in [5, 5.41) is 3.23. The Morgan fingerprint density at radius 3 is 2.61 bits per heavy atom. The van der Waals surface area contributed by atoms with Gasteiger partial charge in [0, 0.05) is 19.1 Å². The van der Waals surface area contributed by atoms with Gasteiger partial charge in [0.1, 0.15) is 0 Å². The maximum atomic E-state index is 12.9. The van der Waals surface area contributed by atoms with Crippen LogP contribution in [0.3, 0.4) is 0 Å². The highest BCUT2D eigenvalue weighted by Gasteiger charge is 2.35. The van der Waals surface area contributed by atoms with Crippen molar-refractivity contribution in [2.24, 2.45) is 0 Å². The van der Waals surface area contributed by atoms with Crippen molar-refractivity contribution in [2.75, 3.05) is 20.8 Å². The SMILES string of the molecule is CCC(NC(=O)c1ccco1)C1c2cc(OC)c(OC)cc2CCN1Cc1cccc(C)c1. The lowest BCUT2D eigenvalue weighted by molar-refractivity contribution is 0.0833. The number of aryl methyl sites for hydroxylation is 1. The van der Waals surface area contributed by atoms with E-state index in [0.29, 0.717) is 11.5 Å². The molecule has 2 unspecified atom stereocenters. The number of carbonyl (C=O) groups excluding carboxylic acids is 1. The van der Waals surface area contributed by atoms with Crippen molar-refractivity contribution in [1.29, 1.82) is 0 Å². The molecule has 0 saturated heterocycles. The van der Waals surface area contributed by atoms with Crippen molar-refractivity contribution in [3.8, 4) is 11.5 Å². The number of ether oxygens (including phenoxy) is 2. The molecule has 0 radical (unpaired) electrons. The number of hydrogen-bond acceptors (Lipinski definition) is 5. The second-order valence-electron chi connectivity index (χ2n) is 8.53. The number of hydrogen-bond donors (Lipinski definition) is 1. The van der Waals surface area contributed by atoms with Gasteiger partial charge >= 0.3 is 0 Å². The molecule has 1 N–H and O–H groups in total. The lowest BCUT2D eigenvalue weighted by Crippen LogP contribution is -2.48. The summed E-state index contributed by atoms with van der Waals surface area (Å²) >= 11 is 0. The third-order valence-corrected chi connectivity index (χ3v) is 6.38. The van der Waals surface area contributed by atoms with Crippen molar-refractivity contribution >= 4 is 5.91 Å². The maximum Gasteiger partial charge on any atom is 0.287 e. The first-order valence-electron chi connectivity index (χ1n) is 11.4. The number of furan rings is 1. The molecule has 1 aliphatic heterocycles. The molecule has 174 valence electrons. The molecule has 2 aromatic carbocycles. The van der Waals surface area contributed by atoms with E-state index in [2.05, 4.69) is 60.5 Å². The van der Waals surface area contributed by atoms with Gasteiger partial charge in [-0.2, -0.15) is 0 Å². The van der Waals surface area contributed by atoms with Crippen LogP contribution in [0, 0.1) is 6.92 Å². The zero-order valence-corrected chi connectivity index (χ0v) is 19.8. The third kappa shape index (κ3) is 4.91. The van der Waals surface area contributed by atoms with E-state index in [1.165, 1.54) is 23.0 Å². The van der Waals surface area contributed by atoms with E-state index >= 15 is 0 Å². The average molecular weight is 449 g/mol. The highest BCUT2D eigenvalue weighted by Crippen LogP contribution is 2.40. The smallest absolute Gasteiger partial charge is 0.287 e. The molecule has 6 heteroatoms. The van der Waals surface area contributed by atoms with Crippen LogP contribution in [-0.2, 0) is 13.0 Å². The topological polar surface area (TPSA) is 63.9 Å². The Labute approximate surface area is 195 Å². The van der Waals surface area contributed by atoms with Crippen molar-refractivity contribution < 1.29 is 18.7 Å². The lowest BCUT2D eigenvalue weighted by atomic mass is 9.86. The Morgan fingerprint density at radius 1 is 1.15 bits per heavy atom. The van der Waals surface area contributed by atoms with Crippen molar-refractivity contribution in [1.82, 2.24) is 10.2 Å². The molecule has 0 spiro atoms. The van der Waals surface area contributed by atoms with Crippen molar-refractivity contribution in [2.45, 2.75) is 45.3 Å². The number of carbonyl (C=O) groups is 1. The monoisotopic (exact) mass is 448 g/mol. The fourth-order valence-electron chi connectivity index (χ4n) is 4.77. The van der Waals surface area contributed by atoms with E-state index < -0.39 is 0 Å². The van der Waals surface area contributed by atoms with Gasteiger partial charge < -0.3 is 19.2 Å². The minimum absolute atomic E-state index is 0.0158. The summed E-state index contributed by atoms with van der Waals surface area (Å²) in [5.41, 5.74) is 4.89. The van der Waals surface area contributed by atoms with E-state index in [1.54, 1.807) is 26.4 Å². The van der Waals surface area contributed by atoms with Crippen molar-refractivity contribution in [3.05, 3.63) is 82.8 Å². The van der Waals surface area contributed by atoms with Crippen molar-refractivity contribution in [3.63, 3.8) is 0 Å². The first-order chi connectivity index (χ1) is 16.0. The molecule has 0 bridgehead atoms. The van der Waals surface area contributed by atoms with Crippen LogP contribution in [-0.4, -0.2) is 37.6 Å². The van der Waals surface area contributed by atoms with Gasteiger partial charge in [-0.3, -0.25) is 9.69 Å². The fraction of sp³-hybridized carbons (Fsp3) is 0.370. The molecule has 1 amide bonds. The summed E-state index contributed by atoms with van der Waals surface area (Å²) in [4.78, 5) is 15.4. The number of rotatable bonds is 8. The van der Waals surface area contributed by atoms with Crippen LogP contribution < -0.4 is 14.8 Å². The molecule has 1 aliphatic rings. The van der Waals surface area contributed by atoms with Gasteiger partial charge in [-0.1, -0.05) is 36.8 Å². The first-order valence-corrected chi connectivity index (χ1v) is 11.4.